The third-order valence-corrected chi connectivity index (χ3v) is 6.70. The van der Waals surface area contributed by atoms with Crippen molar-refractivity contribution in [1.82, 2.24) is 9.55 Å². The van der Waals surface area contributed by atoms with Crippen LogP contribution in [0.1, 0.15) is 6.92 Å². The highest BCUT2D eigenvalue weighted by Gasteiger charge is 2.18. The number of hydrogen-bond donors (Lipinski definition) is 2. The Kier molecular flexibility index (Phi) is 7.24. The number of fused-ring (bicyclic) bond motifs is 1. The minimum absolute atomic E-state index is 0.0658. The number of aromatic nitrogens is 2. The molecule has 7 nitrogen and oxygen atoms in total. The van der Waals surface area contributed by atoms with Gasteiger partial charge in [0.15, 0.2) is 5.16 Å². The van der Waals surface area contributed by atoms with E-state index in [9.17, 15) is 14.4 Å². The lowest BCUT2D eigenvalue weighted by atomic mass is 10.1. The van der Waals surface area contributed by atoms with Gasteiger partial charge in [-0.05, 0) is 23.8 Å². The predicted octanol–water partition coefficient (Wildman–Crippen LogP) is 5.00. The Morgan fingerprint density at radius 3 is 2.56 bits per heavy atom. The number of amides is 2. The number of thioether (sulfide) groups is 1. The summed E-state index contributed by atoms with van der Waals surface area (Å²) in [5.74, 6) is -0.374. The van der Waals surface area contributed by atoms with Crippen molar-refractivity contribution in [1.29, 1.82) is 0 Å². The second-order valence-corrected chi connectivity index (χ2v) is 9.19. The van der Waals surface area contributed by atoms with Gasteiger partial charge in [-0.2, -0.15) is 0 Å². The predicted molar refractivity (Wildman–Crippen MR) is 140 cm³/mol. The molecule has 2 aromatic heterocycles. The minimum Gasteiger partial charge on any atom is -0.326 e. The summed E-state index contributed by atoms with van der Waals surface area (Å²) in [4.78, 5) is 42.5. The number of benzene rings is 2. The highest BCUT2D eigenvalue weighted by molar-refractivity contribution is 7.99. The van der Waals surface area contributed by atoms with Crippen LogP contribution in [0.4, 0.5) is 11.4 Å². The van der Waals surface area contributed by atoms with Gasteiger partial charge in [-0.3, -0.25) is 19.0 Å². The van der Waals surface area contributed by atoms with Crippen molar-refractivity contribution >= 4 is 56.5 Å². The Balaban J connectivity index is 1.57. The molecule has 0 spiro atoms. The summed E-state index contributed by atoms with van der Waals surface area (Å²) in [6.07, 6.45) is 1.64. The first-order chi connectivity index (χ1) is 16.5. The van der Waals surface area contributed by atoms with Gasteiger partial charge in [0.2, 0.25) is 11.8 Å². The average molecular weight is 491 g/mol. The van der Waals surface area contributed by atoms with Crippen molar-refractivity contribution in [2.75, 3.05) is 16.4 Å². The molecule has 34 heavy (non-hydrogen) atoms. The van der Waals surface area contributed by atoms with E-state index in [0.717, 1.165) is 11.1 Å². The van der Waals surface area contributed by atoms with Gasteiger partial charge in [-0.1, -0.05) is 54.2 Å². The van der Waals surface area contributed by atoms with Crippen LogP contribution in [0.15, 0.2) is 82.6 Å². The zero-order valence-electron chi connectivity index (χ0n) is 18.4. The molecule has 0 fully saturated rings. The molecule has 0 atom stereocenters. The maximum atomic E-state index is 13.4. The van der Waals surface area contributed by atoms with Gasteiger partial charge in [-0.25, -0.2) is 4.98 Å². The van der Waals surface area contributed by atoms with Crippen molar-refractivity contribution in [3.05, 3.63) is 83.0 Å². The lowest BCUT2D eigenvalue weighted by molar-refractivity contribution is -0.114. The first-order valence-electron chi connectivity index (χ1n) is 10.4. The highest BCUT2D eigenvalue weighted by atomic mass is 32.2. The van der Waals surface area contributed by atoms with E-state index in [1.54, 1.807) is 34.9 Å². The normalized spacial score (nSPS) is 10.7. The molecule has 4 aromatic rings. The molecule has 0 unspecified atom stereocenters. The van der Waals surface area contributed by atoms with Gasteiger partial charge in [0.1, 0.15) is 4.83 Å². The van der Waals surface area contributed by atoms with Crippen LogP contribution in [0.5, 0.6) is 0 Å². The number of thiophene rings is 1. The first kappa shape index (κ1) is 23.5. The summed E-state index contributed by atoms with van der Waals surface area (Å²) in [5.41, 5.74) is 2.81. The van der Waals surface area contributed by atoms with Gasteiger partial charge in [0.25, 0.3) is 5.56 Å². The van der Waals surface area contributed by atoms with E-state index in [1.807, 2.05) is 35.7 Å². The van der Waals surface area contributed by atoms with Crippen molar-refractivity contribution < 1.29 is 9.59 Å². The summed E-state index contributed by atoms with van der Waals surface area (Å²) in [6, 6.07) is 16.6. The van der Waals surface area contributed by atoms with Gasteiger partial charge >= 0.3 is 0 Å². The average Bonchev–Trinajstić information content (AvgIpc) is 3.24. The van der Waals surface area contributed by atoms with E-state index in [0.29, 0.717) is 26.7 Å². The number of anilines is 2. The van der Waals surface area contributed by atoms with Crippen molar-refractivity contribution in [3.8, 4) is 11.1 Å². The van der Waals surface area contributed by atoms with Crippen molar-refractivity contribution in [2.45, 2.75) is 18.6 Å². The molecule has 9 heteroatoms. The fourth-order valence-electron chi connectivity index (χ4n) is 3.44. The molecular formula is C25H22N4O3S2. The molecule has 2 aromatic carbocycles. The molecule has 0 aliphatic rings. The number of nitrogens with zero attached hydrogens (tertiary/aromatic N) is 2. The number of rotatable bonds is 8. The Bertz CT molecular complexity index is 1430. The highest BCUT2D eigenvalue weighted by Crippen LogP contribution is 2.32. The molecule has 2 N–H and O–H groups in total. The van der Waals surface area contributed by atoms with Gasteiger partial charge < -0.3 is 10.6 Å². The first-order valence-corrected chi connectivity index (χ1v) is 12.3. The van der Waals surface area contributed by atoms with Crippen LogP contribution in [0.3, 0.4) is 0 Å². The van der Waals surface area contributed by atoms with Crippen LogP contribution in [-0.2, 0) is 16.1 Å². The van der Waals surface area contributed by atoms with Gasteiger partial charge in [0.05, 0.1) is 11.1 Å². The lowest BCUT2D eigenvalue weighted by Gasteiger charge is -2.11. The summed E-state index contributed by atoms with van der Waals surface area (Å²) >= 11 is 2.60. The summed E-state index contributed by atoms with van der Waals surface area (Å²) in [6.45, 7) is 5.47. The molecule has 0 aliphatic carbocycles. The number of hydrogen-bond acceptors (Lipinski definition) is 6. The van der Waals surface area contributed by atoms with Crippen LogP contribution >= 0.6 is 23.1 Å². The molecule has 0 saturated carbocycles. The monoisotopic (exact) mass is 490 g/mol. The van der Waals surface area contributed by atoms with E-state index in [4.69, 9.17) is 4.98 Å². The third-order valence-electron chi connectivity index (χ3n) is 4.85. The van der Waals surface area contributed by atoms with Gasteiger partial charge in [-0.15, -0.1) is 17.9 Å². The van der Waals surface area contributed by atoms with E-state index in [-0.39, 0.29) is 29.7 Å². The Labute approximate surface area is 204 Å². The largest absolute Gasteiger partial charge is 0.326 e. The molecule has 4 rings (SSSR count). The summed E-state index contributed by atoms with van der Waals surface area (Å²) in [7, 11) is 0. The van der Waals surface area contributed by atoms with E-state index in [1.165, 1.54) is 30.0 Å². The maximum absolute atomic E-state index is 13.4. The zero-order chi connectivity index (χ0) is 24.1. The van der Waals surface area contributed by atoms with E-state index < -0.39 is 0 Å². The standard InChI is InChI=1S/C25H22N4O3S2/c1-3-12-29-24(32)22-20(17-8-5-4-6-9-17)14-33-23(22)28-25(29)34-15-21(31)27-19-11-7-10-18(13-19)26-16(2)30/h3-11,13-14H,1,12,15H2,2H3,(H,26,30)(H,27,31). The smallest absolute Gasteiger partial charge is 0.263 e. The number of carbonyl (C=O) groups excluding carboxylic acids is 2. The molecule has 2 amide bonds. The topological polar surface area (TPSA) is 93.1 Å². The fourth-order valence-corrected chi connectivity index (χ4v) is 5.24. The van der Waals surface area contributed by atoms with Crippen LogP contribution in [0.25, 0.3) is 21.3 Å². The van der Waals surface area contributed by atoms with Crippen LogP contribution in [0, 0.1) is 0 Å². The molecular weight excluding hydrogens is 468 g/mol. The molecule has 172 valence electrons. The molecule has 0 saturated heterocycles. The Morgan fingerprint density at radius 2 is 1.85 bits per heavy atom. The molecule has 2 heterocycles. The van der Waals surface area contributed by atoms with E-state index in [2.05, 4.69) is 17.2 Å². The summed E-state index contributed by atoms with van der Waals surface area (Å²) in [5, 5.41) is 8.46. The quantitative estimate of drug-likeness (QED) is 0.206. The van der Waals surface area contributed by atoms with Crippen LogP contribution in [-0.4, -0.2) is 27.1 Å². The van der Waals surface area contributed by atoms with E-state index >= 15 is 0 Å². The molecule has 0 radical (unpaired) electrons. The van der Waals surface area contributed by atoms with Crippen LogP contribution < -0.4 is 16.2 Å². The van der Waals surface area contributed by atoms with Crippen molar-refractivity contribution in [2.24, 2.45) is 0 Å². The number of allylic oxidation sites excluding steroid dienone is 1. The van der Waals surface area contributed by atoms with Crippen LogP contribution in [0.2, 0.25) is 0 Å². The Hall–Kier alpha value is -3.69. The second-order valence-electron chi connectivity index (χ2n) is 7.39. The summed E-state index contributed by atoms with van der Waals surface area (Å²) < 4.78 is 1.55. The third kappa shape index (κ3) is 5.27. The Morgan fingerprint density at radius 1 is 1.12 bits per heavy atom. The van der Waals surface area contributed by atoms with Crippen molar-refractivity contribution in [3.63, 3.8) is 0 Å². The lowest BCUT2D eigenvalue weighted by Crippen LogP contribution is -2.23. The molecule has 0 aliphatic heterocycles. The maximum Gasteiger partial charge on any atom is 0.263 e. The zero-order valence-corrected chi connectivity index (χ0v) is 20.0. The fraction of sp³-hybridized carbons (Fsp3) is 0.120. The molecule has 0 bridgehead atoms. The second kappa shape index (κ2) is 10.5. The van der Waals surface area contributed by atoms with Gasteiger partial charge in [0, 0.05) is 35.8 Å². The number of nitrogens with one attached hydrogen (secondary N) is 2. The minimum atomic E-state index is -0.249. The number of carbonyl (C=O) groups is 2. The SMILES string of the molecule is C=CCn1c(SCC(=O)Nc2cccc(NC(C)=O)c2)nc2scc(-c3ccccc3)c2c1=O.